The minimum atomic E-state index is -3.46. The average molecular weight is 363 g/mol. The normalized spacial score (nSPS) is 20.5. The van der Waals surface area contributed by atoms with E-state index >= 15 is 0 Å². The summed E-state index contributed by atoms with van der Waals surface area (Å²) >= 11 is 0. The summed E-state index contributed by atoms with van der Waals surface area (Å²) in [5.41, 5.74) is -0.225. The van der Waals surface area contributed by atoms with Crippen LogP contribution in [0.2, 0.25) is 0 Å². The first-order chi connectivity index (χ1) is 11.0. The summed E-state index contributed by atoms with van der Waals surface area (Å²) in [6.07, 6.45) is -0.667. The van der Waals surface area contributed by atoms with Crippen LogP contribution in [0.15, 0.2) is 11.4 Å². The van der Waals surface area contributed by atoms with Crippen molar-refractivity contribution in [3.63, 3.8) is 0 Å². The van der Waals surface area contributed by atoms with Crippen LogP contribution in [0.4, 0.5) is 4.79 Å². The predicted octanol–water partition coefficient (Wildman–Crippen LogP) is 3.23. The van der Waals surface area contributed by atoms with Crippen molar-refractivity contribution in [3.8, 4) is 0 Å². The van der Waals surface area contributed by atoms with Crippen LogP contribution >= 0.6 is 7.60 Å². The molecule has 24 heavy (non-hydrogen) atoms. The Balaban J connectivity index is 3.02. The Labute approximate surface area is 142 Å². The molecule has 1 aliphatic heterocycles. The second-order valence-electron chi connectivity index (χ2n) is 6.33. The van der Waals surface area contributed by atoms with E-state index in [1.165, 1.54) is 5.82 Å². The quantitative estimate of drug-likeness (QED) is 0.723. The largest absolute Gasteiger partial charge is 0.480 e. The fraction of sp³-hybridized carbons (Fsp3) is 0.733. The molecule has 1 aliphatic rings. The van der Waals surface area contributed by atoms with Gasteiger partial charge in [-0.05, 0) is 40.2 Å². The number of aliphatic carboxylic acids is 1. The van der Waals surface area contributed by atoms with Crippen molar-refractivity contribution in [2.24, 2.45) is 0 Å². The van der Waals surface area contributed by atoms with Gasteiger partial charge in [0.2, 0.25) is 0 Å². The zero-order valence-electron chi connectivity index (χ0n) is 14.8. The van der Waals surface area contributed by atoms with E-state index in [1.807, 2.05) is 0 Å². The fourth-order valence-corrected chi connectivity index (χ4v) is 3.85. The van der Waals surface area contributed by atoms with Crippen molar-refractivity contribution >= 4 is 19.7 Å². The van der Waals surface area contributed by atoms with Gasteiger partial charge < -0.3 is 18.9 Å². The maximum atomic E-state index is 12.5. The lowest BCUT2D eigenvalue weighted by atomic mass is 10.2. The Morgan fingerprint density at radius 2 is 1.83 bits per heavy atom. The molecule has 1 amide bonds. The molecule has 1 atom stereocenters. The number of likely N-dealkylation sites (tertiary alicyclic amines) is 1. The highest BCUT2D eigenvalue weighted by Crippen LogP contribution is 2.51. The summed E-state index contributed by atoms with van der Waals surface area (Å²) in [4.78, 5) is 24.8. The number of nitrogens with zero attached hydrogens (tertiary/aromatic N) is 1. The number of carbonyl (C=O) groups excluding carboxylic acids is 1. The van der Waals surface area contributed by atoms with Crippen LogP contribution in [0.3, 0.4) is 0 Å². The first-order valence-electron chi connectivity index (χ1n) is 7.83. The maximum Gasteiger partial charge on any atom is 0.411 e. The van der Waals surface area contributed by atoms with Crippen molar-refractivity contribution in [1.29, 1.82) is 0 Å². The van der Waals surface area contributed by atoms with E-state index in [-0.39, 0.29) is 26.2 Å². The molecule has 1 fully saturated rings. The zero-order valence-corrected chi connectivity index (χ0v) is 15.7. The van der Waals surface area contributed by atoms with Crippen molar-refractivity contribution < 1.29 is 33.0 Å². The van der Waals surface area contributed by atoms with E-state index in [0.29, 0.717) is 5.57 Å². The molecule has 1 unspecified atom stereocenters. The van der Waals surface area contributed by atoms with Crippen LogP contribution in [-0.4, -0.2) is 53.5 Å². The standard InChI is InChI=1S/C15H26NO7P/c1-6-21-24(20,22-7-2)10-11-8-12(13(17)18)16(9-11)14(19)23-15(3,4)5/h10,12H,6-9H2,1-5H3,(H,17,18). The first kappa shape index (κ1) is 20.7. The van der Waals surface area contributed by atoms with Gasteiger partial charge in [-0.15, -0.1) is 0 Å². The van der Waals surface area contributed by atoms with Crippen molar-refractivity contribution in [1.82, 2.24) is 4.90 Å². The van der Waals surface area contributed by atoms with Gasteiger partial charge in [0.15, 0.2) is 0 Å². The topological polar surface area (TPSA) is 102 Å². The first-order valence-corrected chi connectivity index (χ1v) is 9.44. The molecule has 0 bridgehead atoms. The van der Waals surface area contributed by atoms with Gasteiger partial charge in [0.1, 0.15) is 11.6 Å². The Kier molecular flexibility index (Phi) is 7.01. The molecule has 1 saturated heterocycles. The Hall–Kier alpha value is -1.37. The second kappa shape index (κ2) is 8.14. The van der Waals surface area contributed by atoms with Gasteiger partial charge in [0, 0.05) is 18.8 Å². The summed E-state index contributed by atoms with van der Waals surface area (Å²) < 4.78 is 28.1. The van der Waals surface area contributed by atoms with E-state index in [0.717, 1.165) is 4.90 Å². The zero-order chi connectivity index (χ0) is 18.5. The van der Waals surface area contributed by atoms with Crippen LogP contribution in [0, 0.1) is 0 Å². The summed E-state index contributed by atoms with van der Waals surface area (Å²) in [5.74, 6) is 0.173. The van der Waals surface area contributed by atoms with Gasteiger partial charge in [-0.3, -0.25) is 9.46 Å². The summed E-state index contributed by atoms with van der Waals surface area (Å²) in [5, 5.41) is 9.35. The molecule has 138 valence electrons. The highest BCUT2D eigenvalue weighted by atomic mass is 31.2. The maximum absolute atomic E-state index is 12.5. The van der Waals surface area contributed by atoms with Crippen LogP contribution < -0.4 is 0 Å². The smallest absolute Gasteiger partial charge is 0.411 e. The SMILES string of the molecule is CCOP(=O)(C=C1CC(C(=O)O)N(C(=O)OC(C)(C)C)C1)OCC. The molecule has 0 spiro atoms. The molecule has 0 aromatic carbocycles. The lowest BCUT2D eigenvalue weighted by Crippen LogP contribution is -2.43. The highest BCUT2D eigenvalue weighted by Gasteiger charge is 2.40. The van der Waals surface area contributed by atoms with E-state index in [9.17, 15) is 19.3 Å². The number of carboxylic acid groups (broad SMARTS) is 1. The number of amides is 1. The lowest BCUT2D eigenvalue weighted by molar-refractivity contribution is -0.142. The number of ether oxygens (including phenoxy) is 1. The van der Waals surface area contributed by atoms with E-state index < -0.39 is 31.3 Å². The molecular formula is C15H26NO7P. The van der Waals surface area contributed by atoms with E-state index in [1.54, 1.807) is 34.6 Å². The monoisotopic (exact) mass is 363 g/mol. The molecule has 0 saturated carbocycles. The minimum absolute atomic E-state index is 0.00994. The van der Waals surface area contributed by atoms with Gasteiger partial charge in [0.25, 0.3) is 0 Å². The molecule has 1 N–H and O–H groups in total. The van der Waals surface area contributed by atoms with Gasteiger partial charge >= 0.3 is 19.7 Å². The third-order valence-electron chi connectivity index (χ3n) is 3.08. The molecule has 9 heteroatoms. The number of hydrogen-bond donors (Lipinski definition) is 1. The summed E-state index contributed by atoms with van der Waals surface area (Å²) in [6, 6.07) is -1.07. The molecular weight excluding hydrogens is 337 g/mol. The minimum Gasteiger partial charge on any atom is -0.480 e. The Morgan fingerprint density at radius 1 is 1.29 bits per heavy atom. The Morgan fingerprint density at radius 3 is 2.25 bits per heavy atom. The number of rotatable bonds is 6. The lowest BCUT2D eigenvalue weighted by Gasteiger charge is -2.26. The van der Waals surface area contributed by atoms with Crippen LogP contribution in [0.25, 0.3) is 0 Å². The molecule has 0 aromatic heterocycles. The van der Waals surface area contributed by atoms with Crippen molar-refractivity contribution in [2.75, 3.05) is 19.8 Å². The molecule has 0 radical (unpaired) electrons. The third kappa shape index (κ3) is 5.92. The summed E-state index contributed by atoms with van der Waals surface area (Å²) in [7, 11) is -3.46. The fourth-order valence-electron chi connectivity index (χ4n) is 2.27. The average Bonchev–Trinajstić information content (AvgIpc) is 2.81. The number of carboxylic acids is 1. The van der Waals surface area contributed by atoms with E-state index in [4.69, 9.17) is 13.8 Å². The number of hydrogen-bond acceptors (Lipinski definition) is 6. The van der Waals surface area contributed by atoms with Gasteiger partial charge in [-0.25, -0.2) is 9.59 Å². The van der Waals surface area contributed by atoms with Crippen molar-refractivity contribution in [3.05, 3.63) is 11.4 Å². The summed E-state index contributed by atoms with van der Waals surface area (Å²) in [6.45, 7) is 8.87. The Bertz CT molecular complexity index is 543. The molecule has 0 aromatic rings. The van der Waals surface area contributed by atoms with Gasteiger partial charge in [-0.2, -0.15) is 0 Å². The molecule has 1 rings (SSSR count). The number of carbonyl (C=O) groups is 2. The molecule has 8 nitrogen and oxygen atoms in total. The van der Waals surface area contributed by atoms with Gasteiger partial charge in [-0.1, -0.05) is 0 Å². The van der Waals surface area contributed by atoms with Gasteiger partial charge in [0.05, 0.1) is 13.2 Å². The van der Waals surface area contributed by atoms with Crippen LogP contribution in [0.1, 0.15) is 41.0 Å². The molecule has 0 aliphatic carbocycles. The third-order valence-corrected chi connectivity index (χ3v) is 4.99. The highest BCUT2D eigenvalue weighted by molar-refractivity contribution is 7.57. The van der Waals surface area contributed by atoms with Crippen LogP contribution in [-0.2, 0) is 23.1 Å². The predicted molar refractivity (Wildman–Crippen MR) is 87.9 cm³/mol. The second-order valence-corrected chi connectivity index (χ2v) is 8.18. The van der Waals surface area contributed by atoms with E-state index in [2.05, 4.69) is 0 Å². The van der Waals surface area contributed by atoms with Crippen LogP contribution in [0.5, 0.6) is 0 Å². The van der Waals surface area contributed by atoms with Crippen molar-refractivity contribution in [2.45, 2.75) is 52.7 Å². The molecule has 1 heterocycles.